The number of hydrogen-bond donors (Lipinski definition) is 1. The number of halogens is 1. The molecule has 1 aromatic carbocycles. The number of methoxy groups -OCH3 is 1. The van der Waals surface area contributed by atoms with E-state index in [4.69, 9.17) is 14.5 Å². The van der Waals surface area contributed by atoms with Gasteiger partial charge in [-0.3, -0.25) is 4.99 Å². The van der Waals surface area contributed by atoms with Crippen molar-refractivity contribution in [1.29, 1.82) is 0 Å². The summed E-state index contributed by atoms with van der Waals surface area (Å²) < 4.78 is 10.9. The third-order valence-electron chi connectivity index (χ3n) is 5.55. The van der Waals surface area contributed by atoms with E-state index in [1.165, 1.54) is 18.4 Å². The Balaban J connectivity index is 0.00000261. The smallest absolute Gasteiger partial charge is 0.193 e. The Hall–Kier alpha value is -1.02. The Bertz CT molecular complexity index is 586. The molecule has 1 aromatic rings. The van der Waals surface area contributed by atoms with Gasteiger partial charge in [0.2, 0.25) is 0 Å². The zero-order chi connectivity index (χ0) is 18.2. The number of nitrogens with one attached hydrogen (secondary N) is 1. The number of guanidine groups is 1. The van der Waals surface area contributed by atoms with Crippen LogP contribution in [0.15, 0.2) is 29.3 Å². The Morgan fingerprint density at radius 1 is 1.26 bits per heavy atom. The van der Waals surface area contributed by atoms with Crippen molar-refractivity contribution >= 4 is 29.9 Å². The second-order valence-electron chi connectivity index (χ2n) is 7.51. The van der Waals surface area contributed by atoms with Crippen LogP contribution in [-0.2, 0) is 11.2 Å². The van der Waals surface area contributed by atoms with Crippen LogP contribution in [0.25, 0.3) is 0 Å². The molecule has 2 fully saturated rings. The van der Waals surface area contributed by atoms with Crippen LogP contribution in [0.5, 0.6) is 5.75 Å². The lowest BCUT2D eigenvalue weighted by atomic mass is 9.87. The molecule has 2 heterocycles. The van der Waals surface area contributed by atoms with Crippen molar-refractivity contribution in [2.75, 3.05) is 46.5 Å². The second kappa shape index (κ2) is 11.1. The standard InChI is InChI=1S/C21H33N3O2.HI/c1-3-22-20(24-14-11-21(16-24)12-15-26-17-21)23-13-5-4-6-18-7-9-19(25-2)10-8-18;/h7-10H,3-6,11-17H2,1-2H3,(H,22,23);1H. The molecule has 0 saturated carbocycles. The third kappa shape index (κ3) is 6.24. The largest absolute Gasteiger partial charge is 0.497 e. The minimum atomic E-state index is 0. The number of ether oxygens (including phenoxy) is 2. The Morgan fingerprint density at radius 3 is 2.74 bits per heavy atom. The summed E-state index contributed by atoms with van der Waals surface area (Å²) in [5.41, 5.74) is 1.74. The number of benzene rings is 1. The summed E-state index contributed by atoms with van der Waals surface area (Å²) >= 11 is 0. The van der Waals surface area contributed by atoms with Gasteiger partial charge < -0.3 is 19.7 Å². The quantitative estimate of drug-likeness (QED) is 0.276. The first-order valence-corrected chi connectivity index (χ1v) is 9.99. The molecule has 5 nitrogen and oxygen atoms in total. The number of nitrogens with zero attached hydrogens (tertiary/aromatic N) is 2. The van der Waals surface area contributed by atoms with E-state index in [2.05, 4.69) is 29.3 Å². The number of unbranched alkanes of at least 4 members (excludes halogenated alkanes) is 1. The molecule has 2 aliphatic rings. The van der Waals surface area contributed by atoms with Crippen LogP contribution in [0.2, 0.25) is 0 Å². The van der Waals surface area contributed by atoms with Gasteiger partial charge in [-0.05, 0) is 56.7 Å². The van der Waals surface area contributed by atoms with E-state index in [1.54, 1.807) is 7.11 Å². The monoisotopic (exact) mass is 487 g/mol. The lowest BCUT2D eigenvalue weighted by Crippen LogP contribution is -2.41. The fourth-order valence-electron chi connectivity index (χ4n) is 3.93. The van der Waals surface area contributed by atoms with Crippen LogP contribution in [0.4, 0.5) is 0 Å². The predicted octanol–water partition coefficient (Wildman–Crippen LogP) is 3.71. The van der Waals surface area contributed by atoms with Crippen LogP contribution in [-0.4, -0.2) is 57.4 Å². The maximum atomic E-state index is 5.65. The molecule has 0 amide bonds. The summed E-state index contributed by atoms with van der Waals surface area (Å²) in [6.07, 6.45) is 5.80. The highest BCUT2D eigenvalue weighted by Crippen LogP contribution is 2.38. The van der Waals surface area contributed by atoms with Crippen molar-refractivity contribution in [1.82, 2.24) is 10.2 Å². The Labute approximate surface area is 180 Å². The van der Waals surface area contributed by atoms with E-state index in [0.29, 0.717) is 5.41 Å². The lowest BCUT2D eigenvalue weighted by Gasteiger charge is -2.25. The van der Waals surface area contributed by atoms with Gasteiger partial charge in [-0.15, -0.1) is 24.0 Å². The van der Waals surface area contributed by atoms with E-state index in [1.807, 2.05) is 12.1 Å². The predicted molar refractivity (Wildman–Crippen MR) is 121 cm³/mol. The molecule has 6 heteroatoms. The van der Waals surface area contributed by atoms with Gasteiger partial charge in [0.05, 0.1) is 13.7 Å². The van der Waals surface area contributed by atoms with E-state index in [0.717, 1.165) is 70.4 Å². The first-order valence-electron chi connectivity index (χ1n) is 9.99. The average Bonchev–Trinajstić information content (AvgIpc) is 3.31. The molecule has 0 radical (unpaired) electrons. The number of aryl methyl sites for hydroxylation is 1. The molecule has 152 valence electrons. The molecule has 1 spiro atoms. The van der Waals surface area contributed by atoms with Gasteiger partial charge in [0.1, 0.15) is 5.75 Å². The number of aliphatic imine (C=N–C) groups is 1. The fourth-order valence-corrected chi connectivity index (χ4v) is 3.93. The summed E-state index contributed by atoms with van der Waals surface area (Å²) in [5, 5.41) is 3.47. The minimum Gasteiger partial charge on any atom is -0.497 e. The van der Waals surface area contributed by atoms with Crippen LogP contribution in [0.1, 0.15) is 38.2 Å². The van der Waals surface area contributed by atoms with E-state index in [-0.39, 0.29) is 24.0 Å². The maximum Gasteiger partial charge on any atom is 0.193 e. The maximum absolute atomic E-state index is 5.65. The van der Waals surface area contributed by atoms with Crippen molar-refractivity contribution in [3.05, 3.63) is 29.8 Å². The van der Waals surface area contributed by atoms with Crippen molar-refractivity contribution < 1.29 is 9.47 Å². The van der Waals surface area contributed by atoms with Crippen molar-refractivity contribution in [2.45, 2.75) is 39.0 Å². The van der Waals surface area contributed by atoms with Gasteiger partial charge in [0, 0.05) is 38.2 Å². The molecule has 1 atom stereocenters. The van der Waals surface area contributed by atoms with E-state index < -0.39 is 0 Å². The topological polar surface area (TPSA) is 46.1 Å². The third-order valence-corrected chi connectivity index (χ3v) is 5.55. The molecule has 1 unspecified atom stereocenters. The summed E-state index contributed by atoms with van der Waals surface area (Å²) in [4.78, 5) is 7.31. The minimum absolute atomic E-state index is 0. The summed E-state index contributed by atoms with van der Waals surface area (Å²) in [5.74, 6) is 2.01. The van der Waals surface area contributed by atoms with Crippen LogP contribution >= 0.6 is 24.0 Å². The van der Waals surface area contributed by atoms with Gasteiger partial charge in [0.25, 0.3) is 0 Å². The van der Waals surface area contributed by atoms with E-state index in [9.17, 15) is 0 Å². The highest BCUT2D eigenvalue weighted by molar-refractivity contribution is 14.0. The van der Waals surface area contributed by atoms with Crippen LogP contribution in [0, 0.1) is 5.41 Å². The molecule has 0 aromatic heterocycles. The zero-order valence-corrected chi connectivity index (χ0v) is 19.0. The van der Waals surface area contributed by atoms with Crippen LogP contribution < -0.4 is 10.1 Å². The Morgan fingerprint density at radius 2 is 2.07 bits per heavy atom. The highest BCUT2D eigenvalue weighted by atomic mass is 127. The second-order valence-corrected chi connectivity index (χ2v) is 7.51. The number of rotatable bonds is 7. The SMILES string of the molecule is CCNC(=NCCCCc1ccc(OC)cc1)N1CCC2(CCOC2)C1.I. The molecule has 27 heavy (non-hydrogen) atoms. The van der Waals surface area contributed by atoms with Gasteiger partial charge in [-0.2, -0.15) is 0 Å². The van der Waals surface area contributed by atoms with Crippen LogP contribution in [0.3, 0.4) is 0 Å². The van der Waals surface area contributed by atoms with Crippen molar-refractivity contribution in [3.8, 4) is 5.75 Å². The molecule has 0 aliphatic carbocycles. The summed E-state index contributed by atoms with van der Waals surface area (Å²) in [6, 6.07) is 8.37. The fraction of sp³-hybridized carbons (Fsp3) is 0.667. The number of likely N-dealkylation sites (tertiary alicyclic amines) is 1. The van der Waals surface area contributed by atoms with Crippen molar-refractivity contribution in [2.24, 2.45) is 10.4 Å². The molecule has 2 aliphatic heterocycles. The first kappa shape index (κ1) is 22.3. The molecule has 1 N–H and O–H groups in total. The summed E-state index contributed by atoms with van der Waals surface area (Å²) in [6.45, 7) is 7.98. The van der Waals surface area contributed by atoms with Crippen molar-refractivity contribution in [3.63, 3.8) is 0 Å². The molecule has 2 saturated heterocycles. The van der Waals surface area contributed by atoms with Gasteiger partial charge in [-0.1, -0.05) is 12.1 Å². The first-order chi connectivity index (χ1) is 12.7. The van der Waals surface area contributed by atoms with Gasteiger partial charge >= 0.3 is 0 Å². The zero-order valence-electron chi connectivity index (χ0n) is 16.7. The van der Waals surface area contributed by atoms with Gasteiger partial charge in [0.15, 0.2) is 5.96 Å². The normalized spacial score (nSPS) is 22.1. The molecule has 3 rings (SSSR count). The molecular weight excluding hydrogens is 453 g/mol. The average molecular weight is 487 g/mol. The van der Waals surface area contributed by atoms with E-state index >= 15 is 0 Å². The van der Waals surface area contributed by atoms with Gasteiger partial charge in [-0.25, -0.2) is 0 Å². The lowest BCUT2D eigenvalue weighted by molar-refractivity contribution is 0.156. The molecular formula is C21H34IN3O2. The highest BCUT2D eigenvalue weighted by Gasteiger charge is 2.42. The summed E-state index contributed by atoms with van der Waals surface area (Å²) in [7, 11) is 1.71. The number of hydrogen-bond acceptors (Lipinski definition) is 3. The Kier molecular flexibility index (Phi) is 9.15. The molecule has 0 bridgehead atoms.